The van der Waals surface area contributed by atoms with Crippen molar-refractivity contribution in [1.29, 1.82) is 0 Å². The van der Waals surface area contributed by atoms with Crippen molar-refractivity contribution in [3.63, 3.8) is 0 Å². The van der Waals surface area contributed by atoms with Gasteiger partial charge in [0.05, 0.1) is 12.1 Å². The molecule has 2 aromatic rings. The summed E-state index contributed by atoms with van der Waals surface area (Å²) < 4.78 is 39.6. The summed E-state index contributed by atoms with van der Waals surface area (Å²) in [5.74, 6) is 0. The topological polar surface area (TPSA) is 40.5 Å². The maximum Gasteiger partial charge on any atom is 0.417 e. The number of halogens is 3. The molecule has 0 unspecified atom stereocenters. The van der Waals surface area contributed by atoms with Gasteiger partial charge in [-0.2, -0.15) is 13.2 Å². The van der Waals surface area contributed by atoms with Gasteiger partial charge in [0, 0.05) is 57.2 Å². The third kappa shape index (κ3) is 5.59. The van der Waals surface area contributed by atoms with Crippen LogP contribution in [0, 0.1) is 0 Å². The predicted octanol–water partition coefficient (Wildman–Crippen LogP) is 2.57. The molecule has 5 nitrogen and oxygen atoms in total. The van der Waals surface area contributed by atoms with E-state index in [1.54, 1.807) is 0 Å². The molecule has 1 saturated heterocycles. The smallest absolute Gasteiger partial charge is 0.384 e. The number of nitrogens with zero attached hydrogens (tertiary/aromatic N) is 3. The van der Waals surface area contributed by atoms with Crippen LogP contribution in [0.15, 0.2) is 47.4 Å². The fourth-order valence-corrected chi connectivity index (χ4v) is 3.18. The highest BCUT2D eigenvalue weighted by atomic mass is 19.4. The monoisotopic (exact) mass is 394 g/mol. The number of nitrogens with one attached hydrogen (secondary N) is 1. The van der Waals surface area contributed by atoms with Crippen molar-refractivity contribution < 1.29 is 13.2 Å². The third-order valence-corrected chi connectivity index (χ3v) is 4.97. The van der Waals surface area contributed by atoms with Crippen LogP contribution in [0.3, 0.4) is 0 Å². The molecule has 1 N–H and O–H groups in total. The van der Waals surface area contributed by atoms with Gasteiger partial charge in [0.2, 0.25) is 0 Å². The first-order valence-corrected chi connectivity index (χ1v) is 9.33. The average molecular weight is 394 g/mol. The molecule has 1 aliphatic heterocycles. The molecule has 1 aliphatic rings. The van der Waals surface area contributed by atoms with Crippen molar-refractivity contribution in [1.82, 2.24) is 14.4 Å². The number of benzene rings is 1. The summed E-state index contributed by atoms with van der Waals surface area (Å²) >= 11 is 0. The Kier molecular flexibility index (Phi) is 6.41. The fraction of sp³-hybridized carbons (Fsp3) is 0.450. The Morgan fingerprint density at radius 1 is 1.00 bits per heavy atom. The quantitative estimate of drug-likeness (QED) is 0.818. The van der Waals surface area contributed by atoms with Gasteiger partial charge in [0.25, 0.3) is 5.56 Å². The van der Waals surface area contributed by atoms with Gasteiger partial charge in [-0.1, -0.05) is 12.1 Å². The number of anilines is 1. The summed E-state index contributed by atoms with van der Waals surface area (Å²) in [7, 11) is 2.13. The van der Waals surface area contributed by atoms with E-state index in [2.05, 4.69) is 22.2 Å². The van der Waals surface area contributed by atoms with Gasteiger partial charge in [-0.25, -0.2) is 0 Å². The number of piperazine rings is 1. The van der Waals surface area contributed by atoms with Crippen LogP contribution >= 0.6 is 0 Å². The lowest BCUT2D eigenvalue weighted by atomic mass is 10.2. The Labute approximate surface area is 162 Å². The molecule has 2 heterocycles. The number of rotatable bonds is 6. The van der Waals surface area contributed by atoms with Crippen LogP contribution in [0.1, 0.15) is 11.1 Å². The molecule has 0 atom stereocenters. The number of hydrogen-bond donors (Lipinski definition) is 1. The highest BCUT2D eigenvalue weighted by molar-refractivity contribution is 5.44. The van der Waals surface area contributed by atoms with Gasteiger partial charge in [-0.15, -0.1) is 0 Å². The molecule has 1 aromatic heterocycles. The molecular formula is C20H25F3N4O. The van der Waals surface area contributed by atoms with E-state index in [0.717, 1.165) is 73.4 Å². The molecule has 152 valence electrons. The molecule has 0 spiro atoms. The predicted molar refractivity (Wildman–Crippen MR) is 104 cm³/mol. The third-order valence-electron chi connectivity index (χ3n) is 4.97. The number of likely N-dealkylation sites (N-methyl/N-ethyl adjacent to an activating group) is 1. The summed E-state index contributed by atoms with van der Waals surface area (Å²) in [6.07, 6.45) is -3.60. The minimum absolute atomic E-state index is 0.102. The van der Waals surface area contributed by atoms with Crippen LogP contribution in [0.4, 0.5) is 18.9 Å². The summed E-state index contributed by atoms with van der Waals surface area (Å²) in [6, 6.07) is 9.19. The van der Waals surface area contributed by atoms with E-state index in [4.69, 9.17) is 0 Å². The zero-order valence-electron chi connectivity index (χ0n) is 15.9. The van der Waals surface area contributed by atoms with E-state index >= 15 is 0 Å². The Balaban J connectivity index is 1.54. The van der Waals surface area contributed by atoms with E-state index in [0.29, 0.717) is 0 Å². The van der Waals surface area contributed by atoms with Crippen LogP contribution in [0.5, 0.6) is 0 Å². The van der Waals surface area contributed by atoms with Crippen molar-refractivity contribution in [2.24, 2.45) is 0 Å². The highest BCUT2D eigenvalue weighted by Crippen LogP contribution is 2.28. The number of alkyl halides is 3. The second-order valence-electron chi connectivity index (χ2n) is 7.15. The molecule has 0 radical (unpaired) electrons. The van der Waals surface area contributed by atoms with E-state index in [1.165, 1.54) is 0 Å². The maximum atomic E-state index is 12.8. The van der Waals surface area contributed by atoms with Gasteiger partial charge >= 0.3 is 6.18 Å². The van der Waals surface area contributed by atoms with Gasteiger partial charge in [-0.3, -0.25) is 9.69 Å². The maximum absolute atomic E-state index is 12.8. The molecule has 1 fully saturated rings. The van der Waals surface area contributed by atoms with Crippen LogP contribution in [-0.2, 0) is 12.7 Å². The molecule has 3 rings (SSSR count). The largest absolute Gasteiger partial charge is 0.417 e. The van der Waals surface area contributed by atoms with Gasteiger partial charge in [0.1, 0.15) is 0 Å². The van der Waals surface area contributed by atoms with E-state index in [1.807, 2.05) is 24.3 Å². The molecule has 1 aromatic carbocycles. The fourth-order valence-electron chi connectivity index (χ4n) is 3.18. The van der Waals surface area contributed by atoms with E-state index in [-0.39, 0.29) is 6.54 Å². The summed E-state index contributed by atoms with van der Waals surface area (Å²) in [5.41, 5.74) is 0.442. The minimum atomic E-state index is -4.47. The summed E-state index contributed by atoms with van der Waals surface area (Å²) in [4.78, 5) is 16.6. The van der Waals surface area contributed by atoms with Crippen LogP contribution in [0.2, 0.25) is 0 Å². The van der Waals surface area contributed by atoms with E-state index in [9.17, 15) is 18.0 Å². The molecule has 0 amide bonds. The zero-order valence-corrected chi connectivity index (χ0v) is 15.9. The van der Waals surface area contributed by atoms with Crippen molar-refractivity contribution >= 4 is 5.69 Å². The number of pyridine rings is 1. The molecule has 8 heteroatoms. The summed E-state index contributed by atoms with van der Waals surface area (Å²) in [5, 5.41) is 3.36. The summed E-state index contributed by atoms with van der Waals surface area (Å²) in [6.45, 7) is 6.22. The highest BCUT2D eigenvalue weighted by Gasteiger charge is 2.31. The second-order valence-corrected chi connectivity index (χ2v) is 7.15. The van der Waals surface area contributed by atoms with Gasteiger partial charge < -0.3 is 14.8 Å². The normalized spacial score (nSPS) is 16.3. The number of aromatic nitrogens is 1. The lowest BCUT2D eigenvalue weighted by Crippen LogP contribution is -2.45. The van der Waals surface area contributed by atoms with Gasteiger partial charge in [0.15, 0.2) is 0 Å². The van der Waals surface area contributed by atoms with Crippen LogP contribution in [0.25, 0.3) is 0 Å². The standard InChI is InChI=1S/C20H25F3N4O/c1-25-10-12-26(13-11-25)9-8-24-18-5-2-16(3-6-18)14-27-15-17(20(21,22)23)4-7-19(27)28/h2-7,15,24H,8-14H2,1H3. The van der Waals surface area contributed by atoms with Gasteiger partial charge in [-0.05, 0) is 30.8 Å². The molecule has 0 saturated carbocycles. The number of hydrogen-bond acceptors (Lipinski definition) is 4. The first-order chi connectivity index (χ1) is 13.3. The second kappa shape index (κ2) is 8.79. The van der Waals surface area contributed by atoms with Crippen LogP contribution < -0.4 is 10.9 Å². The van der Waals surface area contributed by atoms with Crippen molar-refractivity contribution in [3.8, 4) is 0 Å². The van der Waals surface area contributed by atoms with Crippen LogP contribution in [-0.4, -0.2) is 60.7 Å². The first-order valence-electron chi connectivity index (χ1n) is 9.33. The zero-order chi connectivity index (χ0) is 20.1. The molecule has 28 heavy (non-hydrogen) atoms. The Bertz CT molecular complexity index is 825. The Morgan fingerprint density at radius 2 is 1.68 bits per heavy atom. The average Bonchev–Trinajstić information content (AvgIpc) is 2.65. The van der Waals surface area contributed by atoms with Crippen molar-refractivity contribution in [2.45, 2.75) is 12.7 Å². The minimum Gasteiger partial charge on any atom is -0.384 e. The molecular weight excluding hydrogens is 369 g/mol. The van der Waals surface area contributed by atoms with Crippen molar-refractivity contribution in [2.75, 3.05) is 51.6 Å². The molecule has 0 aliphatic carbocycles. The Hall–Kier alpha value is -2.32. The lowest BCUT2D eigenvalue weighted by molar-refractivity contribution is -0.138. The SMILES string of the molecule is CN1CCN(CCNc2ccc(Cn3cc(C(F)(F)F)ccc3=O)cc2)CC1. The van der Waals surface area contributed by atoms with Crippen molar-refractivity contribution in [3.05, 3.63) is 64.1 Å². The molecule has 0 bridgehead atoms. The lowest BCUT2D eigenvalue weighted by Gasteiger charge is -2.32. The van der Waals surface area contributed by atoms with E-state index < -0.39 is 17.3 Å². The Morgan fingerprint density at radius 3 is 2.32 bits per heavy atom. The first kappa shape index (κ1) is 20.4.